The number of hydrogen-bond acceptors (Lipinski definition) is 6. The Morgan fingerprint density at radius 1 is 1.15 bits per heavy atom. The molecule has 0 bridgehead atoms. The zero-order chi connectivity index (χ0) is 18.9. The molecule has 0 saturated carbocycles. The van der Waals surface area contributed by atoms with E-state index in [1.54, 1.807) is 11.0 Å². The molecular formula is C16H27ClN4O5S. The molecule has 2 N–H and O–H groups in total. The molecule has 2 fully saturated rings. The van der Waals surface area contributed by atoms with Crippen molar-refractivity contribution in [2.24, 2.45) is 5.73 Å². The molecule has 0 aromatic carbocycles. The van der Waals surface area contributed by atoms with Gasteiger partial charge in [0, 0.05) is 39.3 Å². The standard InChI is InChI=1S/C16H26N4O5S.ClH/c1-12-9-20(10-13(2)25-12)26(22,23)19-5-3-18(4-6-19)16(21)14-7-15(8-17)24-11-14;/h7,11-13H,3-6,8-10,17H2,1-2H3;1H. The zero-order valence-corrected chi connectivity index (χ0v) is 17.2. The van der Waals surface area contributed by atoms with Gasteiger partial charge >= 0.3 is 0 Å². The van der Waals surface area contributed by atoms with Crippen LogP contribution in [0.3, 0.4) is 0 Å². The Kier molecular flexibility index (Phi) is 7.28. The first-order chi connectivity index (χ1) is 12.3. The number of morpholine rings is 1. The van der Waals surface area contributed by atoms with Crippen molar-refractivity contribution in [3.63, 3.8) is 0 Å². The lowest BCUT2D eigenvalue weighted by Crippen LogP contribution is -2.57. The molecule has 0 aliphatic carbocycles. The number of amides is 1. The van der Waals surface area contributed by atoms with Gasteiger partial charge in [0.2, 0.25) is 0 Å². The van der Waals surface area contributed by atoms with Crippen molar-refractivity contribution in [1.29, 1.82) is 0 Å². The third-order valence-electron chi connectivity index (χ3n) is 4.67. The van der Waals surface area contributed by atoms with Gasteiger partial charge < -0.3 is 19.8 Å². The molecule has 1 aromatic rings. The fourth-order valence-electron chi connectivity index (χ4n) is 3.39. The number of carbonyl (C=O) groups excluding carboxylic acids is 1. The molecule has 3 rings (SSSR count). The molecule has 2 unspecified atom stereocenters. The summed E-state index contributed by atoms with van der Waals surface area (Å²) >= 11 is 0. The Hall–Kier alpha value is -1.17. The van der Waals surface area contributed by atoms with E-state index in [0.29, 0.717) is 37.5 Å². The first-order valence-electron chi connectivity index (χ1n) is 8.78. The minimum Gasteiger partial charge on any atom is -0.467 e. The molecule has 154 valence electrons. The average Bonchev–Trinajstić information content (AvgIpc) is 3.09. The van der Waals surface area contributed by atoms with Gasteiger partial charge in [0.15, 0.2) is 0 Å². The van der Waals surface area contributed by atoms with Gasteiger partial charge in [-0.2, -0.15) is 17.0 Å². The number of rotatable bonds is 4. The monoisotopic (exact) mass is 422 g/mol. The smallest absolute Gasteiger partial charge is 0.282 e. The van der Waals surface area contributed by atoms with Crippen LogP contribution in [0.25, 0.3) is 0 Å². The van der Waals surface area contributed by atoms with Gasteiger partial charge in [0.05, 0.1) is 24.3 Å². The maximum absolute atomic E-state index is 12.9. The highest BCUT2D eigenvalue weighted by Gasteiger charge is 2.37. The molecule has 1 aromatic heterocycles. The van der Waals surface area contributed by atoms with Crippen LogP contribution in [0.1, 0.15) is 30.0 Å². The lowest BCUT2D eigenvalue weighted by Gasteiger charge is -2.40. The number of nitrogens with two attached hydrogens (primary N) is 1. The summed E-state index contributed by atoms with van der Waals surface area (Å²) in [5.74, 6) is 0.379. The fourth-order valence-corrected chi connectivity index (χ4v) is 5.13. The third-order valence-corrected chi connectivity index (χ3v) is 6.63. The van der Waals surface area contributed by atoms with Crippen molar-refractivity contribution in [2.75, 3.05) is 39.3 Å². The molecule has 2 atom stereocenters. The van der Waals surface area contributed by atoms with Gasteiger partial charge in [-0.05, 0) is 19.9 Å². The van der Waals surface area contributed by atoms with Crippen LogP contribution >= 0.6 is 12.4 Å². The summed E-state index contributed by atoms with van der Waals surface area (Å²) in [7, 11) is -3.55. The largest absolute Gasteiger partial charge is 0.467 e. The lowest BCUT2D eigenvalue weighted by atomic mass is 10.2. The Morgan fingerprint density at radius 3 is 2.26 bits per heavy atom. The Labute approximate surface area is 166 Å². The fraction of sp³-hybridized carbons (Fsp3) is 0.688. The number of ether oxygens (including phenoxy) is 1. The number of carbonyl (C=O) groups is 1. The predicted molar refractivity (Wildman–Crippen MR) is 102 cm³/mol. The molecule has 0 spiro atoms. The van der Waals surface area contributed by atoms with Gasteiger partial charge in [-0.25, -0.2) is 0 Å². The second kappa shape index (κ2) is 8.89. The van der Waals surface area contributed by atoms with E-state index in [4.69, 9.17) is 14.9 Å². The molecule has 2 aliphatic heterocycles. The van der Waals surface area contributed by atoms with E-state index < -0.39 is 10.2 Å². The van der Waals surface area contributed by atoms with Crippen LogP contribution < -0.4 is 5.73 Å². The highest BCUT2D eigenvalue weighted by molar-refractivity contribution is 7.86. The number of piperazine rings is 1. The number of halogens is 1. The van der Waals surface area contributed by atoms with E-state index in [2.05, 4.69) is 0 Å². The summed E-state index contributed by atoms with van der Waals surface area (Å²) in [5.41, 5.74) is 5.93. The van der Waals surface area contributed by atoms with Crippen LogP contribution in [0.2, 0.25) is 0 Å². The van der Waals surface area contributed by atoms with Crippen molar-refractivity contribution < 1.29 is 22.4 Å². The summed E-state index contributed by atoms with van der Waals surface area (Å²) in [6, 6.07) is 1.63. The van der Waals surface area contributed by atoms with Gasteiger partial charge in [-0.15, -0.1) is 12.4 Å². The third kappa shape index (κ3) is 4.82. The summed E-state index contributed by atoms with van der Waals surface area (Å²) in [4.78, 5) is 14.1. The van der Waals surface area contributed by atoms with Crippen molar-refractivity contribution in [1.82, 2.24) is 13.5 Å². The maximum Gasteiger partial charge on any atom is 0.282 e. The molecule has 9 nitrogen and oxygen atoms in total. The minimum absolute atomic E-state index is 0. The lowest BCUT2D eigenvalue weighted by molar-refractivity contribution is -0.0457. The zero-order valence-electron chi connectivity index (χ0n) is 15.5. The second-order valence-corrected chi connectivity index (χ2v) is 8.71. The van der Waals surface area contributed by atoms with Crippen molar-refractivity contribution in [3.05, 3.63) is 23.7 Å². The Morgan fingerprint density at radius 2 is 1.74 bits per heavy atom. The van der Waals surface area contributed by atoms with Gasteiger partial charge in [0.25, 0.3) is 16.1 Å². The molecule has 11 heteroatoms. The first-order valence-corrected chi connectivity index (χ1v) is 10.2. The SMILES string of the molecule is CC1CN(S(=O)(=O)N2CCN(C(=O)c3coc(CN)c3)CC2)CC(C)O1.Cl. The predicted octanol–water partition coefficient (Wildman–Crippen LogP) is 0.272. The maximum atomic E-state index is 12.9. The van der Waals surface area contributed by atoms with E-state index >= 15 is 0 Å². The topological polar surface area (TPSA) is 109 Å². The molecule has 1 amide bonds. The Bertz CT molecular complexity index is 738. The quantitative estimate of drug-likeness (QED) is 0.746. The first kappa shape index (κ1) is 22.1. The minimum atomic E-state index is -3.55. The molecule has 3 heterocycles. The number of hydrogen-bond donors (Lipinski definition) is 1. The molecule has 2 saturated heterocycles. The summed E-state index contributed by atoms with van der Waals surface area (Å²) in [6.07, 6.45) is 1.13. The van der Waals surface area contributed by atoms with E-state index in [1.807, 2.05) is 13.8 Å². The van der Waals surface area contributed by atoms with Crippen molar-refractivity contribution >= 4 is 28.5 Å². The molecular weight excluding hydrogens is 396 g/mol. The average molecular weight is 423 g/mol. The van der Waals surface area contributed by atoms with Crippen LogP contribution in [0.4, 0.5) is 0 Å². The van der Waals surface area contributed by atoms with E-state index in [0.717, 1.165) is 0 Å². The second-order valence-electron chi connectivity index (χ2n) is 6.78. The summed E-state index contributed by atoms with van der Waals surface area (Å²) in [6.45, 7) is 5.91. The van der Waals surface area contributed by atoms with Crippen LogP contribution in [-0.2, 0) is 21.5 Å². The van der Waals surface area contributed by atoms with Crippen LogP contribution in [-0.4, -0.2) is 79.3 Å². The summed E-state index contributed by atoms with van der Waals surface area (Å²) in [5, 5.41) is 0. The van der Waals surface area contributed by atoms with Crippen LogP contribution in [0.5, 0.6) is 0 Å². The molecule has 2 aliphatic rings. The number of furan rings is 1. The van der Waals surface area contributed by atoms with Crippen LogP contribution in [0.15, 0.2) is 16.7 Å². The highest BCUT2D eigenvalue weighted by Crippen LogP contribution is 2.20. The van der Waals surface area contributed by atoms with E-state index in [-0.39, 0.29) is 50.2 Å². The van der Waals surface area contributed by atoms with E-state index in [9.17, 15) is 13.2 Å². The van der Waals surface area contributed by atoms with Crippen molar-refractivity contribution in [3.8, 4) is 0 Å². The van der Waals surface area contributed by atoms with Crippen molar-refractivity contribution in [2.45, 2.75) is 32.6 Å². The highest BCUT2D eigenvalue weighted by atomic mass is 35.5. The van der Waals surface area contributed by atoms with Gasteiger partial charge in [-0.1, -0.05) is 0 Å². The number of nitrogens with zero attached hydrogens (tertiary/aromatic N) is 3. The van der Waals surface area contributed by atoms with Crippen LogP contribution in [0, 0.1) is 0 Å². The molecule has 0 radical (unpaired) electrons. The van der Waals surface area contributed by atoms with E-state index in [1.165, 1.54) is 14.9 Å². The van der Waals surface area contributed by atoms with Gasteiger partial charge in [0.1, 0.15) is 12.0 Å². The van der Waals surface area contributed by atoms with Gasteiger partial charge in [-0.3, -0.25) is 4.79 Å². The summed E-state index contributed by atoms with van der Waals surface area (Å²) < 4.78 is 39.5. The normalized spacial score (nSPS) is 25.2. The molecule has 27 heavy (non-hydrogen) atoms. The Balaban J connectivity index is 0.00000261.